The van der Waals surface area contributed by atoms with Crippen molar-refractivity contribution in [1.82, 2.24) is 10.3 Å². The molecule has 0 fully saturated rings. The van der Waals surface area contributed by atoms with Gasteiger partial charge in [-0.25, -0.2) is 0 Å². The number of carboxylic acids is 1. The normalized spacial score (nSPS) is 11.8. The minimum Gasteiger partial charge on any atom is -0.481 e. The Kier molecular flexibility index (Phi) is 5.79. The lowest BCUT2D eigenvalue weighted by Gasteiger charge is -2.13. The highest BCUT2D eigenvalue weighted by Gasteiger charge is 2.13. The van der Waals surface area contributed by atoms with E-state index in [0.717, 1.165) is 5.56 Å². The molecule has 0 spiro atoms. The number of nitrogens with one attached hydrogen (secondary N) is 1. The molecule has 0 aliphatic carbocycles. The fraction of sp³-hybridized carbons (Fsp3) is 0.417. The van der Waals surface area contributed by atoms with Gasteiger partial charge in [0, 0.05) is 26.0 Å². The van der Waals surface area contributed by atoms with Gasteiger partial charge in [0.25, 0.3) is 0 Å². The van der Waals surface area contributed by atoms with E-state index < -0.39 is 12.1 Å². The third-order valence-electron chi connectivity index (χ3n) is 2.38. The lowest BCUT2D eigenvalue weighted by Crippen LogP contribution is -2.35. The van der Waals surface area contributed by atoms with Gasteiger partial charge in [-0.1, -0.05) is 0 Å². The molecule has 0 saturated carbocycles. The van der Waals surface area contributed by atoms with E-state index in [2.05, 4.69) is 10.3 Å². The number of ether oxygens (including phenoxy) is 1. The van der Waals surface area contributed by atoms with E-state index in [-0.39, 0.29) is 25.3 Å². The Balaban J connectivity index is 2.34. The number of pyridine rings is 1. The van der Waals surface area contributed by atoms with Gasteiger partial charge in [-0.15, -0.1) is 0 Å². The van der Waals surface area contributed by atoms with Crippen molar-refractivity contribution in [3.05, 3.63) is 30.1 Å². The minimum absolute atomic E-state index is 0.133. The average Bonchev–Trinajstić information content (AvgIpc) is 2.35. The number of hydrogen-bond acceptors (Lipinski definition) is 4. The van der Waals surface area contributed by atoms with Gasteiger partial charge < -0.3 is 15.2 Å². The molecular formula is C12H16N2O4. The summed E-state index contributed by atoms with van der Waals surface area (Å²) in [5.74, 6) is -1.13. The van der Waals surface area contributed by atoms with Gasteiger partial charge in [0.15, 0.2) is 0 Å². The second kappa shape index (κ2) is 7.39. The molecule has 1 aromatic heterocycles. The number of carboxylic acid groups (broad SMARTS) is 1. The number of amides is 1. The van der Waals surface area contributed by atoms with Crippen molar-refractivity contribution in [3.8, 4) is 0 Å². The van der Waals surface area contributed by atoms with E-state index in [9.17, 15) is 9.59 Å². The maximum atomic E-state index is 11.6. The summed E-state index contributed by atoms with van der Waals surface area (Å²) in [5, 5.41) is 11.3. The van der Waals surface area contributed by atoms with E-state index in [4.69, 9.17) is 9.84 Å². The highest BCUT2D eigenvalue weighted by molar-refractivity contribution is 5.78. The molecular weight excluding hydrogens is 236 g/mol. The van der Waals surface area contributed by atoms with Crippen molar-refractivity contribution in [2.75, 3.05) is 13.7 Å². The van der Waals surface area contributed by atoms with Crippen LogP contribution in [0.1, 0.15) is 12.0 Å². The monoisotopic (exact) mass is 252 g/mol. The van der Waals surface area contributed by atoms with Gasteiger partial charge in [-0.05, 0) is 17.7 Å². The first kappa shape index (κ1) is 14.1. The number of hydrogen-bond donors (Lipinski definition) is 2. The van der Waals surface area contributed by atoms with Gasteiger partial charge in [0.05, 0.1) is 18.9 Å². The molecule has 1 atom stereocenters. The van der Waals surface area contributed by atoms with Crippen molar-refractivity contribution < 1.29 is 19.4 Å². The van der Waals surface area contributed by atoms with Crippen LogP contribution in [-0.4, -0.2) is 41.7 Å². The Morgan fingerprint density at radius 3 is 2.67 bits per heavy atom. The molecule has 1 unspecified atom stereocenters. The predicted molar refractivity (Wildman–Crippen MR) is 64.0 cm³/mol. The van der Waals surface area contributed by atoms with Crippen molar-refractivity contribution in [2.45, 2.75) is 18.9 Å². The van der Waals surface area contributed by atoms with Crippen LogP contribution in [0.2, 0.25) is 0 Å². The molecule has 2 N–H and O–H groups in total. The SMILES string of the molecule is COC(CNC(=O)Cc1ccncc1)CC(=O)O. The number of methoxy groups -OCH3 is 1. The molecule has 0 saturated heterocycles. The van der Waals surface area contributed by atoms with Gasteiger partial charge in [-0.3, -0.25) is 14.6 Å². The molecule has 0 aromatic carbocycles. The first-order valence-corrected chi connectivity index (χ1v) is 5.52. The zero-order valence-corrected chi connectivity index (χ0v) is 10.1. The summed E-state index contributed by atoms with van der Waals surface area (Å²) >= 11 is 0. The van der Waals surface area contributed by atoms with Gasteiger partial charge in [0.2, 0.25) is 5.91 Å². The Labute approximate surface area is 105 Å². The molecule has 1 heterocycles. The molecule has 6 heteroatoms. The van der Waals surface area contributed by atoms with Crippen LogP contribution in [-0.2, 0) is 20.7 Å². The second-order valence-electron chi connectivity index (χ2n) is 3.79. The maximum Gasteiger partial charge on any atom is 0.306 e. The number of carbonyl (C=O) groups is 2. The molecule has 1 aromatic rings. The number of aliphatic carboxylic acids is 1. The van der Waals surface area contributed by atoms with E-state index in [1.807, 2.05) is 0 Å². The topological polar surface area (TPSA) is 88.5 Å². The smallest absolute Gasteiger partial charge is 0.306 e. The number of nitrogens with zero attached hydrogens (tertiary/aromatic N) is 1. The van der Waals surface area contributed by atoms with Gasteiger partial charge in [-0.2, -0.15) is 0 Å². The van der Waals surface area contributed by atoms with E-state index >= 15 is 0 Å². The van der Waals surface area contributed by atoms with Crippen LogP contribution in [0.15, 0.2) is 24.5 Å². The summed E-state index contributed by atoms with van der Waals surface area (Å²) in [6.07, 6.45) is 2.83. The molecule has 98 valence electrons. The average molecular weight is 252 g/mol. The number of carbonyl (C=O) groups excluding carboxylic acids is 1. The molecule has 1 amide bonds. The van der Waals surface area contributed by atoms with Crippen LogP contribution in [0.4, 0.5) is 0 Å². The number of aromatic nitrogens is 1. The van der Waals surface area contributed by atoms with Crippen molar-refractivity contribution in [2.24, 2.45) is 0 Å². The zero-order chi connectivity index (χ0) is 13.4. The Hall–Kier alpha value is -1.95. The molecule has 1 rings (SSSR count). The highest BCUT2D eigenvalue weighted by atomic mass is 16.5. The van der Waals surface area contributed by atoms with E-state index in [0.29, 0.717) is 0 Å². The Morgan fingerprint density at radius 2 is 2.11 bits per heavy atom. The van der Waals surface area contributed by atoms with Crippen LogP contribution in [0.5, 0.6) is 0 Å². The zero-order valence-electron chi connectivity index (χ0n) is 10.1. The molecule has 0 bridgehead atoms. The third kappa shape index (κ3) is 5.40. The van der Waals surface area contributed by atoms with Gasteiger partial charge >= 0.3 is 5.97 Å². The summed E-state index contributed by atoms with van der Waals surface area (Å²) in [7, 11) is 1.42. The van der Waals surface area contributed by atoms with Crippen LogP contribution in [0.25, 0.3) is 0 Å². The standard InChI is InChI=1S/C12H16N2O4/c1-18-10(7-12(16)17)8-14-11(15)6-9-2-4-13-5-3-9/h2-5,10H,6-8H2,1H3,(H,14,15)(H,16,17). The summed E-state index contributed by atoms with van der Waals surface area (Å²) in [6, 6.07) is 3.51. The van der Waals surface area contributed by atoms with Crippen LogP contribution in [0.3, 0.4) is 0 Å². The molecule has 0 aliphatic rings. The summed E-state index contributed by atoms with van der Waals surface area (Å²) in [5.41, 5.74) is 0.856. The first-order valence-electron chi connectivity index (χ1n) is 5.52. The minimum atomic E-state index is -0.953. The molecule has 18 heavy (non-hydrogen) atoms. The quantitative estimate of drug-likeness (QED) is 0.725. The first-order chi connectivity index (χ1) is 8.61. The fourth-order valence-electron chi connectivity index (χ4n) is 1.41. The second-order valence-corrected chi connectivity index (χ2v) is 3.79. The lowest BCUT2D eigenvalue weighted by molar-refractivity contribution is -0.140. The lowest BCUT2D eigenvalue weighted by atomic mass is 10.2. The van der Waals surface area contributed by atoms with Crippen LogP contribution in [0, 0.1) is 0 Å². The number of rotatable bonds is 7. The predicted octanol–water partition coefficient (Wildman–Crippen LogP) is 0.230. The summed E-state index contributed by atoms with van der Waals surface area (Å²) in [4.78, 5) is 25.9. The summed E-state index contributed by atoms with van der Waals surface area (Å²) in [6.45, 7) is 0.187. The van der Waals surface area contributed by atoms with Crippen LogP contribution >= 0.6 is 0 Å². The maximum absolute atomic E-state index is 11.6. The van der Waals surface area contributed by atoms with E-state index in [1.165, 1.54) is 7.11 Å². The Bertz CT molecular complexity index is 394. The molecule has 0 aliphatic heterocycles. The molecule has 6 nitrogen and oxygen atoms in total. The summed E-state index contributed by atoms with van der Waals surface area (Å²) < 4.78 is 4.96. The molecule has 0 radical (unpaired) electrons. The van der Waals surface area contributed by atoms with Crippen molar-refractivity contribution in [1.29, 1.82) is 0 Å². The Morgan fingerprint density at radius 1 is 1.44 bits per heavy atom. The van der Waals surface area contributed by atoms with Crippen molar-refractivity contribution in [3.63, 3.8) is 0 Å². The highest BCUT2D eigenvalue weighted by Crippen LogP contribution is 1.99. The van der Waals surface area contributed by atoms with Gasteiger partial charge in [0.1, 0.15) is 0 Å². The van der Waals surface area contributed by atoms with Crippen LogP contribution < -0.4 is 5.32 Å². The van der Waals surface area contributed by atoms with E-state index in [1.54, 1.807) is 24.5 Å². The third-order valence-corrected chi connectivity index (χ3v) is 2.38. The largest absolute Gasteiger partial charge is 0.481 e. The fourth-order valence-corrected chi connectivity index (χ4v) is 1.41. The van der Waals surface area contributed by atoms with Crippen molar-refractivity contribution >= 4 is 11.9 Å².